The van der Waals surface area contributed by atoms with Crippen molar-refractivity contribution in [3.63, 3.8) is 0 Å². The lowest BCUT2D eigenvalue weighted by Gasteiger charge is -2.34. The van der Waals surface area contributed by atoms with Crippen LogP contribution in [0.15, 0.2) is 42.7 Å². The fourth-order valence-corrected chi connectivity index (χ4v) is 2.78. The van der Waals surface area contributed by atoms with Crippen LogP contribution < -0.4 is 16.0 Å². The van der Waals surface area contributed by atoms with Gasteiger partial charge in [-0.2, -0.15) is 4.68 Å². The Hall–Kier alpha value is -3.53. The van der Waals surface area contributed by atoms with Crippen molar-refractivity contribution >= 4 is 23.4 Å². The maximum absolute atomic E-state index is 12.9. The Morgan fingerprint density at radius 1 is 1.35 bits per heavy atom. The van der Waals surface area contributed by atoms with Crippen LogP contribution in [0.1, 0.15) is 11.8 Å². The molecule has 1 amide bonds. The first-order valence-electron chi connectivity index (χ1n) is 7.70. The topological polar surface area (TPSA) is 122 Å². The van der Waals surface area contributed by atoms with E-state index < -0.39 is 18.0 Å². The van der Waals surface area contributed by atoms with Crippen LogP contribution in [-0.4, -0.2) is 37.3 Å². The zero-order chi connectivity index (χ0) is 18.3. The number of halogens is 1. The largest absolute Gasteiger partial charge is 0.382 e. The van der Waals surface area contributed by atoms with Gasteiger partial charge in [0.15, 0.2) is 12.0 Å². The standard InChI is InChI=1S/C16H14FN7O2/c17-9-3-4-12(20-7-9)21-13(25)8-23-14-6-11(18)22-24(14)15-10(16(23)26)2-1-5-19-15/h1-7,16,26H,8H2,(H2,18,22)(H,20,21,25). The highest BCUT2D eigenvalue weighted by atomic mass is 19.1. The molecule has 9 nitrogen and oxygen atoms in total. The van der Waals surface area contributed by atoms with Gasteiger partial charge in [0.25, 0.3) is 0 Å². The highest BCUT2D eigenvalue weighted by Gasteiger charge is 2.33. The van der Waals surface area contributed by atoms with Crippen molar-refractivity contribution in [1.82, 2.24) is 19.7 Å². The molecule has 0 radical (unpaired) electrons. The van der Waals surface area contributed by atoms with Crippen LogP contribution in [0.25, 0.3) is 5.82 Å². The number of aromatic nitrogens is 4. The number of amides is 1. The second-order valence-corrected chi connectivity index (χ2v) is 5.67. The molecule has 0 spiro atoms. The number of anilines is 3. The van der Waals surface area contributed by atoms with Crippen molar-refractivity contribution in [1.29, 1.82) is 0 Å². The first-order valence-corrected chi connectivity index (χ1v) is 7.70. The van der Waals surface area contributed by atoms with E-state index in [0.717, 1.165) is 6.20 Å². The lowest BCUT2D eigenvalue weighted by atomic mass is 10.1. The number of nitrogens with zero attached hydrogens (tertiary/aromatic N) is 5. The van der Waals surface area contributed by atoms with Crippen LogP contribution in [0.3, 0.4) is 0 Å². The maximum Gasteiger partial charge on any atom is 0.245 e. The summed E-state index contributed by atoms with van der Waals surface area (Å²) in [6.45, 7) is -0.195. The Balaban J connectivity index is 1.62. The molecular weight excluding hydrogens is 341 g/mol. The lowest BCUT2D eigenvalue weighted by Crippen LogP contribution is -2.40. The average molecular weight is 355 g/mol. The molecule has 26 heavy (non-hydrogen) atoms. The molecule has 4 heterocycles. The summed E-state index contributed by atoms with van der Waals surface area (Å²) >= 11 is 0. The summed E-state index contributed by atoms with van der Waals surface area (Å²) < 4.78 is 14.4. The smallest absolute Gasteiger partial charge is 0.245 e. The van der Waals surface area contributed by atoms with E-state index in [0.29, 0.717) is 17.2 Å². The zero-order valence-electron chi connectivity index (χ0n) is 13.4. The molecule has 4 N–H and O–H groups in total. The molecule has 3 aromatic heterocycles. The molecule has 1 aliphatic heterocycles. The van der Waals surface area contributed by atoms with E-state index in [1.165, 1.54) is 21.7 Å². The quantitative estimate of drug-likeness (QED) is 0.636. The minimum atomic E-state index is -1.10. The Labute approximate surface area is 146 Å². The number of fused-ring (bicyclic) bond motifs is 3. The fourth-order valence-electron chi connectivity index (χ4n) is 2.78. The second kappa shape index (κ2) is 6.08. The number of rotatable bonds is 3. The number of hydrogen-bond acceptors (Lipinski definition) is 7. The van der Waals surface area contributed by atoms with Gasteiger partial charge in [-0.3, -0.25) is 4.79 Å². The molecule has 1 atom stereocenters. The van der Waals surface area contributed by atoms with E-state index in [1.807, 2.05) is 0 Å². The number of carbonyl (C=O) groups excluding carboxylic acids is 1. The van der Waals surface area contributed by atoms with E-state index >= 15 is 0 Å². The third-order valence-corrected chi connectivity index (χ3v) is 3.90. The van der Waals surface area contributed by atoms with E-state index in [-0.39, 0.29) is 18.2 Å². The molecule has 132 valence electrons. The molecule has 0 fully saturated rings. The number of aliphatic hydroxyl groups is 1. The SMILES string of the molecule is Nc1cc2n(n1)-c1ncccc1C(O)N2CC(=O)Nc1ccc(F)cn1. The van der Waals surface area contributed by atoms with Crippen molar-refractivity contribution in [2.45, 2.75) is 6.23 Å². The molecule has 1 aliphatic rings. The first-order chi connectivity index (χ1) is 12.5. The fraction of sp³-hybridized carbons (Fsp3) is 0.125. The number of hydrogen-bond donors (Lipinski definition) is 3. The Morgan fingerprint density at radius 2 is 2.19 bits per heavy atom. The van der Waals surface area contributed by atoms with Gasteiger partial charge in [-0.15, -0.1) is 5.10 Å². The van der Waals surface area contributed by atoms with Crippen molar-refractivity contribution in [3.05, 3.63) is 54.1 Å². The Morgan fingerprint density at radius 3 is 2.96 bits per heavy atom. The van der Waals surface area contributed by atoms with Crippen molar-refractivity contribution in [2.24, 2.45) is 0 Å². The van der Waals surface area contributed by atoms with Gasteiger partial charge in [0.1, 0.15) is 29.8 Å². The normalized spacial score (nSPS) is 15.3. The monoisotopic (exact) mass is 355 g/mol. The Bertz CT molecular complexity index is 973. The Kier molecular flexibility index (Phi) is 3.73. The average Bonchev–Trinajstić information content (AvgIpc) is 3.02. The van der Waals surface area contributed by atoms with Crippen LogP contribution in [0.4, 0.5) is 21.8 Å². The summed E-state index contributed by atoms with van der Waals surface area (Å²) in [7, 11) is 0. The third kappa shape index (κ3) is 2.71. The minimum Gasteiger partial charge on any atom is -0.382 e. The molecule has 0 bridgehead atoms. The molecule has 0 saturated heterocycles. The summed E-state index contributed by atoms with van der Waals surface area (Å²) in [5, 5.41) is 17.4. The van der Waals surface area contributed by atoms with Crippen LogP contribution in [0, 0.1) is 5.82 Å². The lowest BCUT2D eigenvalue weighted by molar-refractivity contribution is -0.115. The number of pyridine rings is 2. The van der Waals surface area contributed by atoms with Gasteiger partial charge in [-0.25, -0.2) is 14.4 Å². The predicted octanol–water partition coefficient (Wildman–Crippen LogP) is 0.833. The van der Waals surface area contributed by atoms with Crippen molar-refractivity contribution in [2.75, 3.05) is 22.5 Å². The van der Waals surface area contributed by atoms with Gasteiger partial charge < -0.3 is 21.1 Å². The van der Waals surface area contributed by atoms with E-state index in [4.69, 9.17) is 5.73 Å². The molecule has 4 rings (SSSR count). The molecule has 0 aromatic carbocycles. The zero-order valence-corrected chi connectivity index (χ0v) is 13.4. The summed E-state index contributed by atoms with van der Waals surface area (Å²) in [5.41, 5.74) is 6.27. The van der Waals surface area contributed by atoms with Gasteiger partial charge in [0.2, 0.25) is 5.91 Å². The third-order valence-electron chi connectivity index (χ3n) is 3.90. The van der Waals surface area contributed by atoms with Crippen molar-refractivity contribution < 1.29 is 14.3 Å². The van der Waals surface area contributed by atoms with E-state index in [2.05, 4.69) is 20.4 Å². The van der Waals surface area contributed by atoms with Crippen LogP contribution >= 0.6 is 0 Å². The highest BCUT2D eigenvalue weighted by molar-refractivity contribution is 5.93. The van der Waals surface area contributed by atoms with E-state index in [9.17, 15) is 14.3 Å². The second-order valence-electron chi connectivity index (χ2n) is 5.67. The summed E-state index contributed by atoms with van der Waals surface area (Å²) in [6, 6.07) is 7.46. The predicted molar refractivity (Wildman–Crippen MR) is 90.9 cm³/mol. The minimum absolute atomic E-state index is 0.195. The number of nitrogens with one attached hydrogen (secondary N) is 1. The molecule has 1 unspecified atom stereocenters. The highest BCUT2D eigenvalue weighted by Crippen LogP contribution is 2.36. The summed E-state index contributed by atoms with van der Waals surface area (Å²) in [6.07, 6.45) is 1.48. The molecular formula is C16H14FN7O2. The van der Waals surface area contributed by atoms with Crippen LogP contribution in [0.2, 0.25) is 0 Å². The van der Waals surface area contributed by atoms with Gasteiger partial charge >= 0.3 is 0 Å². The summed E-state index contributed by atoms with van der Waals surface area (Å²) in [4.78, 5) is 21.8. The van der Waals surface area contributed by atoms with Gasteiger partial charge in [-0.1, -0.05) is 0 Å². The van der Waals surface area contributed by atoms with Gasteiger partial charge in [0, 0.05) is 17.8 Å². The number of aliphatic hydroxyl groups excluding tert-OH is 1. The number of nitrogens with two attached hydrogens (primary N) is 1. The molecule has 3 aromatic rings. The van der Waals surface area contributed by atoms with Crippen LogP contribution in [-0.2, 0) is 4.79 Å². The van der Waals surface area contributed by atoms with E-state index in [1.54, 1.807) is 24.4 Å². The van der Waals surface area contributed by atoms with Crippen LogP contribution in [0.5, 0.6) is 0 Å². The first kappa shape index (κ1) is 16.0. The van der Waals surface area contributed by atoms with Crippen molar-refractivity contribution in [3.8, 4) is 5.82 Å². The molecule has 10 heteroatoms. The van der Waals surface area contributed by atoms with Gasteiger partial charge in [-0.05, 0) is 24.3 Å². The number of carbonyl (C=O) groups is 1. The number of nitrogen functional groups attached to an aromatic ring is 1. The molecule has 0 aliphatic carbocycles. The molecule has 0 saturated carbocycles. The summed E-state index contributed by atoms with van der Waals surface area (Å²) in [5.74, 6) is 0.376. The maximum atomic E-state index is 12.9. The van der Waals surface area contributed by atoms with Gasteiger partial charge in [0.05, 0.1) is 6.20 Å².